The minimum atomic E-state index is -0.197. The fraction of sp³-hybridized carbons (Fsp3) is 0.909. The fourth-order valence-electron chi connectivity index (χ4n) is 1.67. The third-order valence-electron chi connectivity index (χ3n) is 2.78. The van der Waals surface area contributed by atoms with Gasteiger partial charge < -0.3 is 9.64 Å². The van der Waals surface area contributed by atoms with E-state index in [0.29, 0.717) is 13.2 Å². The van der Waals surface area contributed by atoms with Gasteiger partial charge in [0.05, 0.1) is 24.0 Å². The maximum absolute atomic E-state index is 12.1. The second kappa shape index (κ2) is 5.21. The largest absolute Gasteiger partial charge is 0.375 e. The molecule has 1 fully saturated rings. The van der Waals surface area contributed by atoms with Gasteiger partial charge in [0.1, 0.15) is 0 Å². The molecule has 1 aliphatic rings. The van der Waals surface area contributed by atoms with Crippen LogP contribution in [0.15, 0.2) is 0 Å². The molecule has 0 saturated carbocycles. The zero-order valence-corrected chi connectivity index (χ0v) is 10.8. The molecule has 3 unspecified atom stereocenters. The predicted octanol–water partition coefficient (Wildman–Crippen LogP) is 1.58. The molecule has 3 nitrogen and oxygen atoms in total. The summed E-state index contributed by atoms with van der Waals surface area (Å²) < 4.78 is 5.49. The second-order valence-electron chi connectivity index (χ2n) is 4.67. The Hall–Kier alpha value is -0.220. The Balaban J connectivity index is 2.64. The molecule has 0 aromatic rings. The number of carbonyl (C=O) groups is 1. The molecule has 0 N–H and O–H groups in total. The molecule has 1 amide bonds. The molecule has 4 heteroatoms. The average Bonchev–Trinajstić information content (AvgIpc) is 2.19. The molecule has 1 heterocycles. The molecule has 0 aromatic heterocycles. The van der Waals surface area contributed by atoms with Crippen molar-refractivity contribution in [1.82, 2.24) is 4.90 Å². The number of rotatable bonds is 2. The smallest absolute Gasteiger partial charge is 0.236 e. The Morgan fingerprint density at radius 2 is 2.07 bits per heavy atom. The van der Waals surface area contributed by atoms with Gasteiger partial charge in [-0.15, -0.1) is 0 Å². The van der Waals surface area contributed by atoms with E-state index in [-0.39, 0.29) is 29.2 Å². The van der Waals surface area contributed by atoms with Crippen LogP contribution in [0.25, 0.3) is 0 Å². The van der Waals surface area contributed by atoms with Crippen molar-refractivity contribution in [2.75, 3.05) is 13.2 Å². The molecular formula is C11H21NO2S. The van der Waals surface area contributed by atoms with Crippen LogP contribution in [0.5, 0.6) is 0 Å². The summed E-state index contributed by atoms with van der Waals surface area (Å²) in [5.41, 5.74) is 0. The number of hydrogen-bond donors (Lipinski definition) is 1. The van der Waals surface area contributed by atoms with Crippen molar-refractivity contribution in [3.63, 3.8) is 0 Å². The Morgan fingerprint density at radius 1 is 1.47 bits per heavy atom. The van der Waals surface area contributed by atoms with Crippen molar-refractivity contribution in [2.45, 2.75) is 45.1 Å². The van der Waals surface area contributed by atoms with Gasteiger partial charge in [0.2, 0.25) is 5.91 Å². The highest BCUT2D eigenvalue weighted by Gasteiger charge is 2.31. The quantitative estimate of drug-likeness (QED) is 0.731. The topological polar surface area (TPSA) is 29.5 Å². The molecule has 1 aliphatic heterocycles. The molecule has 0 radical (unpaired) electrons. The van der Waals surface area contributed by atoms with E-state index in [1.54, 1.807) is 0 Å². The summed E-state index contributed by atoms with van der Waals surface area (Å²) in [6.07, 6.45) is 0.137. The van der Waals surface area contributed by atoms with Crippen molar-refractivity contribution in [3.05, 3.63) is 0 Å². The normalized spacial score (nSPS) is 29.3. The Morgan fingerprint density at radius 3 is 2.60 bits per heavy atom. The predicted molar refractivity (Wildman–Crippen MR) is 64.2 cm³/mol. The van der Waals surface area contributed by atoms with Crippen LogP contribution in [-0.4, -0.2) is 41.4 Å². The van der Waals surface area contributed by atoms with E-state index in [0.717, 1.165) is 0 Å². The van der Waals surface area contributed by atoms with Gasteiger partial charge in [-0.2, -0.15) is 12.6 Å². The zero-order valence-electron chi connectivity index (χ0n) is 9.93. The van der Waals surface area contributed by atoms with Crippen LogP contribution in [0.2, 0.25) is 0 Å². The lowest BCUT2D eigenvalue weighted by Crippen LogP contribution is -2.53. The highest BCUT2D eigenvalue weighted by atomic mass is 32.1. The number of morpholine rings is 1. The third kappa shape index (κ3) is 3.11. The van der Waals surface area contributed by atoms with Gasteiger partial charge in [0.15, 0.2) is 0 Å². The molecular weight excluding hydrogens is 210 g/mol. The number of carbonyl (C=O) groups excluding carboxylic acids is 1. The van der Waals surface area contributed by atoms with Gasteiger partial charge in [-0.05, 0) is 19.8 Å². The summed E-state index contributed by atoms with van der Waals surface area (Å²) in [5, 5.41) is -0.197. The minimum Gasteiger partial charge on any atom is -0.375 e. The van der Waals surface area contributed by atoms with E-state index in [2.05, 4.69) is 12.6 Å². The molecule has 3 atom stereocenters. The average molecular weight is 231 g/mol. The SMILES string of the molecule is CC1CN(C(=O)C(S)C(C)C)C(C)CO1. The molecule has 1 saturated heterocycles. The highest BCUT2D eigenvalue weighted by molar-refractivity contribution is 7.81. The van der Waals surface area contributed by atoms with E-state index in [1.807, 2.05) is 32.6 Å². The van der Waals surface area contributed by atoms with Gasteiger partial charge in [-0.1, -0.05) is 13.8 Å². The number of amides is 1. The first-order valence-electron chi connectivity index (χ1n) is 5.53. The first-order valence-corrected chi connectivity index (χ1v) is 6.05. The van der Waals surface area contributed by atoms with Crippen LogP contribution in [0.3, 0.4) is 0 Å². The monoisotopic (exact) mass is 231 g/mol. The maximum atomic E-state index is 12.1. The Kier molecular flexibility index (Phi) is 4.46. The Labute approximate surface area is 97.6 Å². The number of hydrogen-bond acceptors (Lipinski definition) is 3. The maximum Gasteiger partial charge on any atom is 0.236 e. The number of thiol groups is 1. The van der Waals surface area contributed by atoms with E-state index in [4.69, 9.17) is 4.74 Å². The van der Waals surface area contributed by atoms with Gasteiger partial charge in [-0.3, -0.25) is 4.79 Å². The first kappa shape index (κ1) is 12.8. The van der Waals surface area contributed by atoms with E-state index < -0.39 is 0 Å². The lowest BCUT2D eigenvalue weighted by molar-refractivity contribution is -0.143. The minimum absolute atomic E-state index is 0.135. The molecule has 0 aromatic carbocycles. The van der Waals surface area contributed by atoms with Crippen LogP contribution in [0.1, 0.15) is 27.7 Å². The summed E-state index contributed by atoms with van der Waals surface area (Å²) >= 11 is 4.37. The van der Waals surface area contributed by atoms with E-state index in [9.17, 15) is 4.79 Å². The van der Waals surface area contributed by atoms with Crippen molar-refractivity contribution in [2.24, 2.45) is 5.92 Å². The summed E-state index contributed by atoms with van der Waals surface area (Å²) in [5.74, 6) is 0.405. The zero-order chi connectivity index (χ0) is 11.6. The van der Waals surface area contributed by atoms with Crippen molar-refractivity contribution < 1.29 is 9.53 Å². The number of ether oxygens (including phenoxy) is 1. The van der Waals surface area contributed by atoms with Crippen molar-refractivity contribution in [3.8, 4) is 0 Å². The van der Waals surface area contributed by atoms with Crippen LogP contribution in [0.4, 0.5) is 0 Å². The summed E-state index contributed by atoms with van der Waals surface area (Å²) in [6.45, 7) is 9.36. The van der Waals surface area contributed by atoms with E-state index in [1.165, 1.54) is 0 Å². The fourth-order valence-corrected chi connectivity index (χ4v) is 1.81. The molecule has 88 valence electrons. The van der Waals surface area contributed by atoms with Crippen molar-refractivity contribution in [1.29, 1.82) is 0 Å². The second-order valence-corrected chi connectivity index (χ2v) is 5.23. The first-order chi connectivity index (χ1) is 6.93. The summed E-state index contributed by atoms with van der Waals surface area (Å²) in [4.78, 5) is 14.0. The van der Waals surface area contributed by atoms with Gasteiger partial charge >= 0.3 is 0 Å². The van der Waals surface area contributed by atoms with Crippen LogP contribution < -0.4 is 0 Å². The summed E-state index contributed by atoms with van der Waals surface area (Å²) in [7, 11) is 0. The third-order valence-corrected chi connectivity index (χ3v) is 3.59. The molecule has 0 aliphatic carbocycles. The van der Waals surface area contributed by atoms with Crippen LogP contribution >= 0.6 is 12.6 Å². The molecule has 1 rings (SSSR count). The van der Waals surface area contributed by atoms with Crippen LogP contribution in [0, 0.1) is 5.92 Å². The van der Waals surface area contributed by atoms with Crippen molar-refractivity contribution >= 4 is 18.5 Å². The molecule has 0 spiro atoms. The van der Waals surface area contributed by atoms with E-state index >= 15 is 0 Å². The highest BCUT2D eigenvalue weighted by Crippen LogP contribution is 2.18. The van der Waals surface area contributed by atoms with Gasteiger partial charge in [-0.25, -0.2) is 0 Å². The molecule has 0 bridgehead atoms. The lowest BCUT2D eigenvalue weighted by Gasteiger charge is -2.38. The van der Waals surface area contributed by atoms with Gasteiger partial charge in [0, 0.05) is 6.54 Å². The number of nitrogens with zero attached hydrogens (tertiary/aromatic N) is 1. The molecule has 15 heavy (non-hydrogen) atoms. The Bertz CT molecular complexity index is 233. The van der Waals surface area contributed by atoms with Crippen LogP contribution in [-0.2, 0) is 9.53 Å². The van der Waals surface area contributed by atoms with Gasteiger partial charge in [0.25, 0.3) is 0 Å². The lowest BCUT2D eigenvalue weighted by atomic mass is 10.1. The standard InChI is InChI=1S/C11H21NO2S/c1-7(2)10(15)11(13)12-5-9(4)14-6-8(12)3/h7-10,15H,5-6H2,1-4H3. The summed E-state index contributed by atoms with van der Waals surface area (Å²) in [6, 6.07) is 0.169.